The minimum Gasteiger partial charge on any atom is -0.324 e. The number of H-pyrrole nitrogens is 1. The van der Waals surface area contributed by atoms with E-state index in [1.165, 1.54) is 12.1 Å². The van der Waals surface area contributed by atoms with Crippen molar-refractivity contribution in [2.45, 2.75) is 42.0 Å². The van der Waals surface area contributed by atoms with Gasteiger partial charge in [0.05, 0.1) is 16.8 Å². The summed E-state index contributed by atoms with van der Waals surface area (Å²) in [5.74, 6) is 0.665. The van der Waals surface area contributed by atoms with Gasteiger partial charge >= 0.3 is 11.5 Å². The molecule has 5 rings (SSSR count). The Hall–Kier alpha value is -2.63. The maximum absolute atomic E-state index is 12.8. The van der Waals surface area contributed by atoms with Crippen LogP contribution in [0.4, 0.5) is 18.0 Å². The summed E-state index contributed by atoms with van der Waals surface area (Å²) in [5, 5.41) is 10.4. The fraction of sp³-hybridized carbons (Fsp3) is 0.571. The van der Waals surface area contributed by atoms with E-state index < -0.39 is 20.1 Å². The van der Waals surface area contributed by atoms with Crippen molar-refractivity contribution in [3.8, 4) is 0 Å². The van der Waals surface area contributed by atoms with E-state index in [0.29, 0.717) is 12.5 Å². The van der Waals surface area contributed by atoms with Gasteiger partial charge < -0.3 is 9.80 Å². The Labute approximate surface area is 189 Å². The molecule has 1 spiro atoms. The highest BCUT2D eigenvalue weighted by atomic mass is 32.2. The number of halogens is 3. The second kappa shape index (κ2) is 7.71. The van der Waals surface area contributed by atoms with E-state index in [9.17, 15) is 22.2 Å². The van der Waals surface area contributed by atoms with Crippen LogP contribution in [-0.4, -0.2) is 67.1 Å². The molecule has 2 atom stereocenters. The number of hydrogen-bond donors (Lipinski definition) is 2. The van der Waals surface area contributed by atoms with E-state index in [1.807, 2.05) is 9.80 Å². The molecule has 1 aromatic heterocycles. The van der Waals surface area contributed by atoms with Gasteiger partial charge in [0.2, 0.25) is 0 Å². The first-order chi connectivity index (χ1) is 15.6. The van der Waals surface area contributed by atoms with Gasteiger partial charge in [0, 0.05) is 37.5 Å². The Morgan fingerprint density at radius 1 is 1.21 bits per heavy atom. The largest absolute Gasteiger partial charge is 0.483 e. The maximum atomic E-state index is 12.8. The Morgan fingerprint density at radius 3 is 2.52 bits per heavy atom. The molecule has 2 saturated heterocycles. The second-order valence-corrected chi connectivity index (χ2v) is 11.7. The molecule has 12 heteroatoms. The summed E-state index contributed by atoms with van der Waals surface area (Å²) in [7, 11) is -4.81. The van der Waals surface area contributed by atoms with Crippen molar-refractivity contribution in [3.05, 3.63) is 41.7 Å². The minimum absolute atomic E-state index is 0.0818. The number of carbonyl (C=O) groups excluding carboxylic acids is 1. The molecule has 2 aliphatic heterocycles. The van der Waals surface area contributed by atoms with Crippen LogP contribution in [0.5, 0.6) is 0 Å². The van der Waals surface area contributed by atoms with Gasteiger partial charge in [-0.3, -0.25) is 5.10 Å². The molecule has 2 amide bonds. The SMILES string of the molecule is N=S(=O)(c1ccc(CC2CC3(C2)CN(C(=O)N2CC[C@H](c4cnn[nH]4)C2)C3)cc1)C(F)(F)F. The third-order valence-corrected chi connectivity index (χ3v) is 8.79. The van der Waals surface area contributed by atoms with Crippen LogP contribution in [0.1, 0.15) is 36.4 Å². The molecular formula is C21H25F3N6O2S. The van der Waals surface area contributed by atoms with Crippen LogP contribution in [-0.2, 0) is 16.1 Å². The summed E-state index contributed by atoms with van der Waals surface area (Å²) in [4.78, 5) is 16.1. The van der Waals surface area contributed by atoms with E-state index in [2.05, 4.69) is 15.4 Å². The summed E-state index contributed by atoms with van der Waals surface area (Å²) in [6.07, 6.45) is 5.30. The normalized spacial score (nSPS) is 24.4. The topological polar surface area (TPSA) is 106 Å². The van der Waals surface area contributed by atoms with Crippen LogP contribution >= 0.6 is 0 Å². The molecule has 0 bridgehead atoms. The van der Waals surface area contributed by atoms with Crippen molar-refractivity contribution >= 4 is 15.8 Å². The van der Waals surface area contributed by atoms with Crippen molar-refractivity contribution in [1.29, 1.82) is 4.78 Å². The number of amides is 2. The van der Waals surface area contributed by atoms with Crippen molar-refractivity contribution < 1.29 is 22.2 Å². The van der Waals surface area contributed by atoms with Gasteiger partial charge in [-0.25, -0.2) is 13.8 Å². The van der Waals surface area contributed by atoms with Crippen LogP contribution in [0.25, 0.3) is 0 Å². The Balaban J connectivity index is 1.09. The van der Waals surface area contributed by atoms with E-state index >= 15 is 0 Å². The number of aromatic nitrogens is 3. The third kappa shape index (κ3) is 3.98. The first kappa shape index (κ1) is 22.2. The number of likely N-dealkylation sites (tertiary alicyclic amines) is 2. The molecule has 33 heavy (non-hydrogen) atoms. The van der Waals surface area contributed by atoms with Crippen molar-refractivity contribution in [1.82, 2.24) is 25.2 Å². The third-order valence-electron chi connectivity index (χ3n) is 7.20. The van der Waals surface area contributed by atoms with Crippen LogP contribution in [0.3, 0.4) is 0 Å². The highest BCUT2D eigenvalue weighted by molar-refractivity contribution is 7.93. The number of carbonyl (C=O) groups is 1. The summed E-state index contributed by atoms with van der Waals surface area (Å²) < 4.78 is 57.3. The fourth-order valence-electron chi connectivity index (χ4n) is 5.54. The first-order valence-corrected chi connectivity index (χ1v) is 12.5. The van der Waals surface area contributed by atoms with Crippen LogP contribution in [0.15, 0.2) is 35.4 Å². The van der Waals surface area contributed by atoms with E-state index in [0.717, 1.165) is 68.7 Å². The predicted molar refractivity (Wildman–Crippen MR) is 113 cm³/mol. The average Bonchev–Trinajstić information content (AvgIpc) is 3.39. The van der Waals surface area contributed by atoms with Crippen LogP contribution in [0.2, 0.25) is 0 Å². The number of aromatic amines is 1. The lowest BCUT2D eigenvalue weighted by atomic mass is 9.56. The summed E-state index contributed by atoms with van der Waals surface area (Å²) >= 11 is 0. The lowest BCUT2D eigenvalue weighted by Crippen LogP contribution is -2.65. The molecule has 1 saturated carbocycles. The summed E-state index contributed by atoms with van der Waals surface area (Å²) in [6, 6.07) is 5.46. The van der Waals surface area contributed by atoms with Gasteiger partial charge in [-0.2, -0.15) is 13.2 Å². The Morgan fingerprint density at radius 2 is 1.91 bits per heavy atom. The number of urea groups is 1. The standard InChI is InChI=1S/C21H25F3N6O2S/c22-21(23,24)33(25,32)17-3-1-14(2-4-17)7-15-8-20(9-15)12-30(13-20)19(31)29-6-5-16(11-29)18-10-26-28-27-18/h1-4,10,15-16,25H,5-9,11-13H2,(H,26,27,28)/t16-,33?/m0/s1. The highest BCUT2D eigenvalue weighted by Crippen LogP contribution is 2.53. The van der Waals surface area contributed by atoms with Gasteiger partial charge in [-0.15, -0.1) is 5.10 Å². The van der Waals surface area contributed by atoms with E-state index in [-0.39, 0.29) is 17.4 Å². The Kier molecular flexibility index (Phi) is 5.18. The number of nitrogens with zero attached hydrogens (tertiary/aromatic N) is 4. The molecule has 3 heterocycles. The molecule has 1 aliphatic carbocycles. The smallest absolute Gasteiger partial charge is 0.324 e. The van der Waals surface area contributed by atoms with Gasteiger partial charge in [-0.05, 0) is 49.3 Å². The van der Waals surface area contributed by atoms with Crippen molar-refractivity contribution in [2.75, 3.05) is 26.2 Å². The van der Waals surface area contributed by atoms with E-state index in [1.54, 1.807) is 6.20 Å². The van der Waals surface area contributed by atoms with Gasteiger partial charge in [0.25, 0.3) is 0 Å². The molecule has 8 nitrogen and oxygen atoms in total. The number of benzene rings is 1. The predicted octanol–water partition coefficient (Wildman–Crippen LogP) is 3.59. The zero-order valence-corrected chi connectivity index (χ0v) is 18.7. The minimum atomic E-state index is -5.07. The number of rotatable bonds is 4. The van der Waals surface area contributed by atoms with E-state index in [4.69, 9.17) is 4.78 Å². The molecule has 0 radical (unpaired) electrons. The molecule has 178 valence electrons. The molecule has 2 aromatic rings. The number of alkyl halides is 3. The zero-order valence-electron chi connectivity index (χ0n) is 17.8. The Bertz CT molecular complexity index is 1120. The molecular weight excluding hydrogens is 457 g/mol. The number of hydrogen-bond acceptors (Lipinski definition) is 5. The molecule has 2 N–H and O–H groups in total. The molecule has 1 aromatic carbocycles. The first-order valence-electron chi connectivity index (χ1n) is 10.9. The van der Waals surface area contributed by atoms with Crippen molar-refractivity contribution in [2.24, 2.45) is 11.3 Å². The fourth-order valence-corrected chi connectivity index (χ4v) is 6.33. The van der Waals surface area contributed by atoms with Crippen LogP contribution < -0.4 is 0 Å². The van der Waals surface area contributed by atoms with Gasteiger partial charge in [0.1, 0.15) is 0 Å². The highest BCUT2D eigenvalue weighted by Gasteiger charge is 2.54. The lowest BCUT2D eigenvalue weighted by molar-refractivity contribution is -0.0753. The molecule has 3 fully saturated rings. The summed E-state index contributed by atoms with van der Waals surface area (Å²) in [6.45, 7) is 2.90. The lowest BCUT2D eigenvalue weighted by Gasteiger charge is -2.59. The second-order valence-electron chi connectivity index (χ2n) is 9.61. The summed E-state index contributed by atoms with van der Waals surface area (Å²) in [5.41, 5.74) is -3.07. The van der Waals surface area contributed by atoms with Crippen molar-refractivity contribution in [3.63, 3.8) is 0 Å². The average molecular weight is 483 g/mol. The van der Waals surface area contributed by atoms with Crippen LogP contribution in [0, 0.1) is 16.1 Å². The molecule has 3 aliphatic rings. The monoisotopic (exact) mass is 482 g/mol. The quantitative estimate of drug-likeness (QED) is 0.695. The number of nitrogens with one attached hydrogen (secondary N) is 2. The van der Waals surface area contributed by atoms with Gasteiger partial charge in [0.15, 0.2) is 9.73 Å². The maximum Gasteiger partial charge on any atom is 0.483 e. The molecule has 1 unspecified atom stereocenters. The zero-order chi connectivity index (χ0) is 23.4. The van der Waals surface area contributed by atoms with Gasteiger partial charge in [-0.1, -0.05) is 17.3 Å².